The van der Waals surface area contributed by atoms with E-state index in [9.17, 15) is 9.90 Å². The van der Waals surface area contributed by atoms with Gasteiger partial charge in [0.1, 0.15) is 6.07 Å². The van der Waals surface area contributed by atoms with Crippen molar-refractivity contribution in [1.82, 2.24) is 0 Å². The van der Waals surface area contributed by atoms with Crippen molar-refractivity contribution in [3.05, 3.63) is 53.6 Å². The van der Waals surface area contributed by atoms with E-state index in [2.05, 4.69) is 5.32 Å². The second-order valence-corrected chi connectivity index (χ2v) is 3.97. The maximum absolute atomic E-state index is 12.1. The number of anilines is 1. The minimum Gasteiger partial charge on any atom is -0.504 e. The molecule has 0 heterocycles. The van der Waals surface area contributed by atoms with E-state index in [1.54, 1.807) is 36.4 Å². The van der Waals surface area contributed by atoms with Crippen LogP contribution in [0.5, 0.6) is 11.5 Å². The molecule has 0 aromatic heterocycles. The van der Waals surface area contributed by atoms with E-state index in [1.165, 1.54) is 13.2 Å². The molecule has 0 atom stereocenters. The third kappa shape index (κ3) is 2.54. The number of aromatic hydroxyl groups is 1. The molecule has 20 heavy (non-hydrogen) atoms. The van der Waals surface area contributed by atoms with Crippen LogP contribution >= 0.6 is 0 Å². The van der Waals surface area contributed by atoms with Crippen LogP contribution in [0.4, 0.5) is 5.69 Å². The Labute approximate surface area is 116 Å². The number of para-hydroxylation sites is 2. The maximum Gasteiger partial charge on any atom is 0.259 e. The number of ether oxygens (including phenoxy) is 1. The van der Waals surface area contributed by atoms with Crippen LogP contribution in [0.3, 0.4) is 0 Å². The molecular weight excluding hydrogens is 256 g/mol. The van der Waals surface area contributed by atoms with Crippen molar-refractivity contribution >= 4 is 11.6 Å². The van der Waals surface area contributed by atoms with E-state index in [4.69, 9.17) is 10.00 Å². The molecule has 0 aliphatic heterocycles. The van der Waals surface area contributed by atoms with Crippen molar-refractivity contribution in [2.75, 3.05) is 12.4 Å². The standard InChI is InChI=1S/C15H12N2O3/c1-20-13-8-4-6-11(14(13)18)15(19)17-12-7-3-2-5-10(12)9-16/h2-8,18H,1H3,(H,17,19). The van der Waals surface area contributed by atoms with Crippen LogP contribution in [-0.2, 0) is 0 Å². The fourth-order valence-electron chi connectivity index (χ4n) is 1.75. The summed E-state index contributed by atoms with van der Waals surface area (Å²) in [7, 11) is 1.40. The zero-order chi connectivity index (χ0) is 14.5. The molecule has 2 aromatic rings. The lowest BCUT2D eigenvalue weighted by Gasteiger charge is -2.10. The van der Waals surface area contributed by atoms with Gasteiger partial charge in [-0.2, -0.15) is 5.26 Å². The predicted molar refractivity (Wildman–Crippen MR) is 73.8 cm³/mol. The second kappa shape index (κ2) is 5.76. The lowest BCUT2D eigenvalue weighted by molar-refractivity contribution is 0.102. The topological polar surface area (TPSA) is 82.3 Å². The fourth-order valence-corrected chi connectivity index (χ4v) is 1.75. The molecule has 0 aliphatic carbocycles. The van der Waals surface area contributed by atoms with Gasteiger partial charge in [-0.25, -0.2) is 0 Å². The van der Waals surface area contributed by atoms with Crippen LogP contribution < -0.4 is 10.1 Å². The molecular formula is C15H12N2O3. The molecule has 1 amide bonds. The molecule has 100 valence electrons. The average Bonchev–Trinajstić information content (AvgIpc) is 2.48. The molecule has 5 nitrogen and oxygen atoms in total. The number of nitriles is 1. The smallest absolute Gasteiger partial charge is 0.259 e. The van der Waals surface area contributed by atoms with Gasteiger partial charge in [0.15, 0.2) is 11.5 Å². The number of hydrogen-bond donors (Lipinski definition) is 2. The summed E-state index contributed by atoms with van der Waals surface area (Å²) in [5.41, 5.74) is 0.822. The Morgan fingerprint density at radius 3 is 2.70 bits per heavy atom. The van der Waals surface area contributed by atoms with Gasteiger partial charge in [0.25, 0.3) is 5.91 Å². The summed E-state index contributed by atoms with van der Waals surface area (Å²) in [6.07, 6.45) is 0. The Bertz CT molecular complexity index is 690. The quantitative estimate of drug-likeness (QED) is 0.896. The van der Waals surface area contributed by atoms with Crippen LogP contribution in [0.2, 0.25) is 0 Å². The SMILES string of the molecule is COc1cccc(C(=O)Nc2ccccc2C#N)c1O. The Kier molecular flexibility index (Phi) is 3.87. The van der Waals surface area contributed by atoms with Gasteiger partial charge in [-0.05, 0) is 24.3 Å². The van der Waals surface area contributed by atoms with E-state index in [0.717, 1.165) is 0 Å². The first-order valence-electron chi connectivity index (χ1n) is 5.84. The van der Waals surface area contributed by atoms with Crippen LogP contribution in [0.1, 0.15) is 15.9 Å². The molecule has 2 rings (SSSR count). The van der Waals surface area contributed by atoms with Crippen molar-refractivity contribution in [3.8, 4) is 17.6 Å². The van der Waals surface area contributed by atoms with Gasteiger partial charge in [0.05, 0.1) is 23.9 Å². The maximum atomic E-state index is 12.1. The molecule has 0 saturated carbocycles. The summed E-state index contributed by atoms with van der Waals surface area (Å²) in [4.78, 5) is 12.1. The molecule has 2 aromatic carbocycles. The lowest BCUT2D eigenvalue weighted by Crippen LogP contribution is -2.13. The first kappa shape index (κ1) is 13.4. The monoisotopic (exact) mass is 268 g/mol. The number of phenols is 1. The zero-order valence-electron chi connectivity index (χ0n) is 10.8. The van der Waals surface area contributed by atoms with Crippen LogP contribution in [0, 0.1) is 11.3 Å². The van der Waals surface area contributed by atoms with E-state index in [0.29, 0.717) is 11.3 Å². The van der Waals surface area contributed by atoms with E-state index in [1.807, 2.05) is 6.07 Å². The summed E-state index contributed by atoms with van der Waals surface area (Å²) in [5, 5.41) is 21.5. The average molecular weight is 268 g/mol. The number of carbonyl (C=O) groups is 1. The Morgan fingerprint density at radius 2 is 2.00 bits per heavy atom. The number of benzene rings is 2. The van der Waals surface area contributed by atoms with Gasteiger partial charge in [-0.15, -0.1) is 0 Å². The molecule has 5 heteroatoms. The Balaban J connectivity index is 2.32. The van der Waals surface area contributed by atoms with Crippen molar-refractivity contribution in [2.45, 2.75) is 0 Å². The van der Waals surface area contributed by atoms with Crippen molar-refractivity contribution in [2.24, 2.45) is 0 Å². The van der Waals surface area contributed by atoms with Crippen molar-refractivity contribution < 1.29 is 14.6 Å². The Hall–Kier alpha value is -3.00. The molecule has 0 unspecified atom stereocenters. The van der Waals surface area contributed by atoms with Gasteiger partial charge in [0, 0.05) is 0 Å². The largest absolute Gasteiger partial charge is 0.504 e. The Morgan fingerprint density at radius 1 is 1.25 bits per heavy atom. The van der Waals surface area contributed by atoms with E-state index in [-0.39, 0.29) is 17.1 Å². The normalized spacial score (nSPS) is 9.60. The number of phenolic OH excluding ortho intramolecular Hbond substituents is 1. The zero-order valence-corrected chi connectivity index (χ0v) is 10.8. The molecule has 0 bridgehead atoms. The van der Waals surface area contributed by atoms with Crippen LogP contribution in [0.15, 0.2) is 42.5 Å². The minimum absolute atomic E-state index is 0.0806. The summed E-state index contributed by atoms with van der Waals surface area (Å²) in [5.74, 6) is -0.530. The van der Waals surface area contributed by atoms with Crippen LogP contribution in [0.25, 0.3) is 0 Å². The van der Waals surface area contributed by atoms with Gasteiger partial charge in [-0.1, -0.05) is 18.2 Å². The number of methoxy groups -OCH3 is 1. The van der Waals surface area contributed by atoms with Crippen LogP contribution in [-0.4, -0.2) is 18.1 Å². The summed E-state index contributed by atoms with van der Waals surface area (Å²) in [6, 6.07) is 13.2. The van der Waals surface area contributed by atoms with Crippen molar-refractivity contribution in [3.63, 3.8) is 0 Å². The minimum atomic E-state index is -0.510. The van der Waals surface area contributed by atoms with Gasteiger partial charge >= 0.3 is 0 Å². The summed E-state index contributed by atoms with van der Waals surface area (Å²) >= 11 is 0. The molecule has 0 radical (unpaired) electrons. The van der Waals surface area contributed by atoms with Crippen molar-refractivity contribution in [1.29, 1.82) is 5.26 Å². The molecule has 0 spiro atoms. The van der Waals surface area contributed by atoms with Gasteiger partial charge < -0.3 is 15.2 Å². The number of hydrogen-bond acceptors (Lipinski definition) is 4. The number of rotatable bonds is 3. The first-order chi connectivity index (χ1) is 9.67. The number of nitrogens with one attached hydrogen (secondary N) is 1. The highest BCUT2D eigenvalue weighted by Gasteiger charge is 2.15. The second-order valence-electron chi connectivity index (χ2n) is 3.97. The summed E-state index contributed by atoms with van der Waals surface area (Å²) < 4.78 is 4.95. The molecule has 2 N–H and O–H groups in total. The molecule has 0 saturated heterocycles. The molecule has 0 fully saturated rings. The lowest BCUT2D eigenvalue weighted by atomic mass is 10.1. The predicted octanol–water partition coefficient (Wildman–Crippen LogP) is 2.52. The van der Waals surface area contributed by atoms with Gasteiger partial charge in [0.2, 0.25) is 0 Å². The van der Waals surface area contributed by atoms with E-state index >= 15 is 0 Å². The molecule has 0 aliphatic rings. The number of carbonyl (C=O) groups excluding carboxylic acids is 1. The highest BCUT2D eigenvalue weighted by Crippen LogP contribution is 2.30. The number of amides is 1. The van der Waals surface area contributed by atoms with E-state index < -0.39 is 5.91 Å². The highest BCUT2D eigenvalue weighted by atomic mass is 16.5. The van der Waals surface area contributed by atoms with Gasteiger partial charge in [-0.3, -0.25) is 4.79 Å². The number of nitrogens with zero attached hydrogens (tertiary/aromatic N) is 1. The third-order valence-electron chi connectivity index (χ3n) is 2.76. The first-order valence-corrected chi connectivity index (χ1v) is 5.84. The highest BCUT2D eigenvalue weighted by molar-refractivity contribution is 6.07. The third-order valence-corrected chi connectivity index (χ3v) is 2.76. The summed E-state index contributed by atoms with van der Waals surface area (Å²) in [6.45, 7) is 0. The fraction of sp³-hybridized carbons (Fsp3) is 0.0667.